The summed E-state index contributed by atoms with van der Waals surface area (Å²) in [5, 5.41) is 1.17. The smallest absolute Gasteiger partial charge is 0.220 e. The zero-order valence-corrected chi connectivity index (χ0v) is 12.0. The van der Waals surface area contributed by atoms with E-state index in [-0.39, 0.29) is 0 Å². The molecule has 2 nitrogen and oxygen atoms in total. The van der Waals surface area contributed by atoms with Crippen LogP contribution in [0.4, 0.5) is 0 Å². The van der Waals surface area contributed by atoms with Crippen LogP contribution in [0, 0.1) is 20.8 Å². The first-order chi connectivity index (χ1) is 9.61. The number of fused-ring (bicyclic) bond motifs is 1. The van der Waals surface area contributed by atoms with Crippen LogP contribution >= 0.6 is 0 Å². The van der Waals surface area contributed by atoms with Gasteiger partial charge in [-0.3, -0.25) is 0 Å². The van der Waals surface area contributed by atoms with Crippen LogP contribution in [0.25, 0.3) is 10.9 Å². The number of pyridine rings is 1. The molecular weight excluding hydrogens is 246 g/mol. The van der Waals surface area contributed by atoms with E-state index in [1.54, 1.807) is 0 Å². The Morgan fingerprint density at radius 2 is 1.55 bits per heavy atom. The Balaban J connectivity index is 2.02. The van der Waals surface area contributed by atoms with E-state index < -0.39 is 0 Å². The van der Waals surface area contributed by atoms with Crippen LogP contribution in [0.5, 0.6) is 11.6 Å². The van der Waals surface area contributed by atoms with Crippen LogP contribution in [-0.2, 0) is 0 Å². The molecule has 1 heterocycles. The van der Waals surface area contributed by atoms with Gasteiger partial charge in [0.2, 0.25) is 5.88 Å². The van der Waals surface area contributed by atoms with E-state index in [0.29, 0.717) is 5.88 Å². The average molecular weight is 263 g/mol. The molecule has 100 valence electrons. The van der Waals surface area contributed by atoms with E-state index in [4.69, 9.17) is 4.74 Å². The van der Waals surface area contributed by atoms with Gasteiger partial charge in [0.15, 0.2) is 0 Å². The first-order valence-electron chi connectivity index (χ1n) is 6.74. The molecule has 0 unspecified atom stereocenters. The van der Waals surface area contributed by atoms with Crippen LogP contribution < -0.4 is 4.74 Å². The second kappa shape index (κ2) is 4.97. The Bertz CT molecular complexity index is 757. The molecule has 3 aromatic rings. The van der Waals surface area contributed by atoms with Gasteiger partial charge in [0.05, 0.1) is 5.52 Å². The molecule has 0 bridgehead atoms. The monoisotopic (exact) mass is 263 g/mol. The summed E-state index contributed by atoms with van der Waals surface area (Å²) in [6.45, 7) is 6.22. The third-order valence-corrected chi connectivity index (χ3v) is 3.32. The van der Waals surface area contributed by atoms with Gasteiger partial charge in [0.25, 0.3) is 0 Å². The van der Waals surface area contributed by atoms with E-state index in [2.05, 4.69) is 37.9 Å². The molecule has 1 aromatic heterocycles. The van der Waals surface area contributed by atoms with Crippen LogP contribution in [0.15, 0.2) is 48.5 Å². The highest BCUT2D eigenvalue weighted by molar-refractivity contribution is 5.82. The Morgan fingerprint density at radius 3 is 2.30 bits per heavy atom. The van der Waals surface area contributed by atoms with Crippen LogP contribution in [0.2, 0.25) is 0 Å². The summed E-state index contributed by atoms with van der Waals surface area (Å²) < 4.78 is 5.92. The summed E-state index contributed by atoms with van der Waals surface area (Å²) in [6, 6.07) is 16.3. The Morgan fingerprint density at radius 1 is 0.850 bits per heavy atom. The van der Waals surface area contributed by atoms with E-state index in [1.165, 1.54) is 22.1 Å². The van der Waals surface area contributed by atoms with Gasteiger partial charge < -0.3 is 4.74 Å². The van der Waals surface area contributed by atoms with Gasteiger partial charge in [-0.1, -0.05) is 24.3 Å². The molecule has 2 heteroatoms. The maximum atomic E-state index is 5.92. The van der Waals surface area contributed by atoms with Crippen molar-refractivity contribution in [2.45, 2.75) is 20.8 Å². The molecule has 20 heavy (non-hydrogen) atoms. The molecule has 0 radical (unpaired) electrons. The molecule has 0 atom stereocenters. The molecule has 0 aliphatic rings. The molecule has 2 aromatic carbocycles. The van der Waals surface area contributed by atoms with Gasteiger partial charge in [0, 0.05) is 11.5 Å². The summed E-state index contributed by atoms with van der Waals surface area (Å²) in [6.07, 6.45) is 0. The van der Waals surface area contributed by atoms with Crippen molar-refractivity contribution in [2.75, 3.05) is 0 Å². The van der Waals surface area contributed by atoms with E-state index >= 15 is 0 Å². The summed E-state index contributed by atoms with van der Waals surface area (Å²) in [7, 11) is 0. The maximum Gasteiger partial charge on any atom is 0.220 e. The van der Waals surface area contributed by atoms with Gasteiger partial charge in [-0.2, -0.15) is 0 Å². The molecular formula is C18H17NO. The minimum absolute atomic E-state index is 0.645. The van der Waals surface area contributed by atoms with Crippen molar-refractivity contribution in [3.8, 4) is 11.6 Å². The highest BCUT2D eigenvalue weighted by Crippen LogP contribution is 2.26. The summed E-state index contributed by atoms with van der Waals surface area (Å²) in [5.74, 6) is 1.48. The van der Waals surface area contributed by atoms with E-state index in [9.17, 15) is 0 Å². The van der Waals surface area contributed by atoms with Crippen molar-refractivity contribution in [1.82, 2.24) is 4.98 Å². The molecule has 0 saturated carbocycles. The van der Waals surface area contributed by atoms with Crippen molar-refractivity contribution in [1.29, 1.82) is 0 Å². The summed E-state index contributed by atoms with van der Waals surface area (Å²) in [5.41, 5.74) is 4.52. The van der Waals surface area contributed by atoms with Crippen molar-refractivity contribution < 1.29 is 4.74 Å². The van der Waals surface area contributed by atoms with Crippen molar-refractivity contribution >= 4 is 10.9 Å². The largest absolute Gasteiger partial charge is 0.439 e. The lowest BCUT2D eigenvalue weighted by atomic mass is 10.1. The number of aryl methyl sites for hydroxylation is 3. The average Bonchev–Trinajstić information content (AvgIpc) is 2.37. The normalized spacial score (nSPS) is 10.8. The predicted octanol–water partition coefficient (Wildman–Crippen LogP) is 4.95. The minimum Gasteiger partial charge on any atom is -0.439 e. The van der Waals surface area contributed by atoms with Crippen molar-refractivity contribution in [3.05, 3.63) is 65.2 Å². The number of aromatic nitrogens is 1. The maximum absolute atomic E-state index is 5.92. The SMILES string of the molecule is Cc1cc(C)cc(Oc2cc(C)c3ccccc3n2)c1. The van der Waals surface area contributed by atoms with Gasteiger partial charge in [-0.25, -0.2) is 4.98 Å². The van der Waals surface area contributed by atoms with E-state index in [1.807, 2.05) is 36.4 Å². The fourth-order valence-electron chi connectivity index (χ4n) is 2.48. The zero-order chi connectivity index (χ0) is 14.1. The molecule has 0 fully saturated rings. The van der Waals surface area contributed by atoms with Crippen LogP contribution in [0.3, 0.4) is 0 Å². The number of hydrogen-bond donors (Lipinski definition) is 0. The minimum atomic E-state index is 0.645. The highest BCUT2D eigenvalue weighted by Gasteiger charge is 2.05. The first kappa shape index (κ1) is 12.7. The number of para-hydroxylation sites is 1. The van der Waals surface area contributed by atoms with Gasteiger partial charge in [-0.05, 0) is 55.7 Å². The molecule has 3 rings (SSSR count). The van der Waals surface area contributed by atoms with Crippen molar-refractivity contribution in [2.24, 2.45) is 0 Å². The number of rotatable bonds is 2. The number of benzene rings is 2. The zero-order valence-electron chi connectivity index (χ0n) is 12.0. The van der Waals surface area contributed by atoms with Crippen LogP contribution in [0.1, 0.15) is 16.7 Å². The van der Waals surface area contributed by atoms with Gasteiger partial charge in [0.1, 0.15) is 5.75 Å². The Hall–Kier alpha value is -2.35. The second-order valence-corrected chi connectivity index (χ2v) is 5.22. The fraction of sp³-hybridized carbons (Fsp3) is 0.167. The third kappa shape index (κ3) is 2.50. The Labute approximate surface area is 119 Å². The Kier molecular flexibility index (Phi) is 3.15. The molecule has 0 N–H and O–H groups in total. The molecule has 0 saturated heterocycles. The summed E-state index contributed by atoms with van der Waals surface area (Å²) >= 11 is 0. The third-order valence-electron chi connectivity index (χ3n) is 3.32. The quantitative estimate of drug-likeness (QED) is 0.652. The van der Waals surface area contributed by atoms with Crippen molar-refractivity contribution in [3.63, 3.8) is 0 Å². The van der Waals surface area contributed by atoms with E-state index in [0.717, 1.165) is 11.3 Å². The van der Waals surface area contributed by atoms with Gasteiger partial charge in [-0.15, -0.1) is 0 Å². The standard InChI is InChI=1S/C18H17NO/c1-12-8-13(2)10-15(9-12)20-18-11-14(3)16-6-4-5-7-17(16)19-18/h4-11H,1-3H3. The lowest BCUT2D eigenvalue weighted by molar-refractivity contribution is 0.464. The lowest BCUT2D eigenvalue weighted by Crippen LogP contribution is -1.92. The second-order valence-electron chi connectivity index (χ2n) is 5.22. The predicted molar refractivity (Wildman–Crippen MR) is 82.5 cm³/mol. The molecule has 0 spiro atoms. The molecule has 0 aliphatic heterocycles. The topological polar surface area (TPSA) is 22.1 Å². The highest BCUT2D eigenvalue weighted by atomic mass is 16.5. The fourth-order valence-corrected chi connectivity index (χ4v) is 2.48. The van der Waals surface area contributed by atoms with Crippen LogP contribution in [-0.4, -0.2) is 4.98 Å². The first-order valence-corrected chi connectivity index (χ1v) is 6.74. The number of hydrogen-bond acceptors (Lipinski definition) is 2. The molecule has 0 amide bonds. The number of ether oxygens (including phenoxy) is 1. The number of nitrogens with zero attached hydrogens (tertiary/aromatic N) is 1. The lowest BCUT2D eigenvalue weighted by Gasteiger charge is -2.09. The molecule has 0 aliphatic carbocycles. The van der Waals surface area contributed by atoms with Gasteiger partial charge >= 0.3 is 0 Å². The summed E-state index contributed by atoms with van der Waals surface area (Å²) in [4.78, 5) is 4.57.